The van der Waals surface area contributed by atoms with E-state index in [9.17, 15) is 9.90 Å². The standard InChI is InChI=1S/C25H26ClN3O2/c26-20-12-7-8-17(15-20)14-19-11-5-2-6-13-21-23(19)28-29-24(21)25(31)27-22(16-30)18-9-3-1-4-10-18/h1,3-4,7-10,12,14-15,22,30H,2,5-6,11,13,16H2,(H,27,31)(H,28,29)/t22-/m0/s1. The molecule has 6 heteroatoms. The van der Waals surface area contributed by atoms with Gasteiger partial charge in [-0.1, -0.05) is 60.5 Å². The molecule has 0 bridgehead atoms. The van der Waals surface area contributed by atoms with Gasteiger partial charge >= 0.3 is 0 Å². The summed E-state index contributed by atoms with van der Waals surface area (Å²) < 4.78 is 0. The van der Waals surface area contributed by atoms with Gasteiger partial charge in [-0.05, 0) is 60.6 Å². The SMILES string of the molecule is O=C(N[C@@H](CO)c1ccccc1)c1[nH]nc2c1CCCCCC2=Cc1cccc(Cl)c1. The number of carbonyl (C=O) groups is 1. The molecule has 31 heavy (non-hydrogen) atoms. The average Bonchev–Trinajstić information content (AvgIpc) is 3.18. The molecule has 0 unspecified atom stereocenters. The summed E-state index contributed by atoms with van der Waals surface area (Å²) in [5, 5.41) is 21.0. The van der Waals surface area contributed by atoms with Crippen molar-refractivity contribution in [1.82, 2.24) is 15.5 Å². The Kier molecular flexibility index (Phi) is 6.85. The topological polar surface area (TPSA) is 78.0 Å². The van der Waals surface area contributed by atoms with Crippen molar-refractivity contribution in [2.75, 3.05) is 6.61 Å². The third kappa shape index (κ3) is 5.06. The van der Waals surface area contributed by atoms with Crippen LogP contribution in [0.25, 0.3) is 11.6 Å². The highest BCUT2D eigenvalue weighted by Gasteiger charge is 2.24. The van der Waals surface area contributed by atoms with Gasteiger partial charge in [-0.15, -0.1) is 0 Å². The van der Waals surface area contributed by atoms with Crippen molar-refractivity contribution in [3.05, 3.63) is 87.7 Å². The number of aliphatic hydroxyl groups excluding tert-OH is 1. The van der Waals surface area contributed by atoms with Crippen LogP contribution in [0.1, 0.15) is 64.6 Å². The van der Waals surface area contributed by atoms with Gasteiger partial charge in [0, 0.05) is 10.6 Å². The highest BCUT2D eigenvalue weighted by atomic mass is 35.5. The first-order valence-electron chi connectivity index (χ1n) is 10.7. The van der Waals surface area contributed by atoms with Gasteiger partial charge in [-0.3, -0.25) is 9.89 Å². The van der Waals surface area contributed by atoms with Crippen LogP contribution in [-0.4, -0.2) is 27.8 Å². The zero-order chi connectivity index (χ0) is 21.6. The van der Waals surface area contributed by atoms with Gasteiger partial charge in [-0.2, -0.15) is 5.10 Å². The van der Waals surface area contributed by atoms with Gasteiger partial charge in [0.25, 0.3) is 5.91 Å². The smallest absolute Gasteiger partial charge is 0.270 e. The van der Waals surface area contributed by atoms with Crippen molar-refractivity contribution in [3.8, 4) is 0 Å². The fourth-order valence-electron chi connectivity index (χ4n) is 4.06. The van der Waals surface area contributed by atoms with E-state index in [0.29, 0.717) is 10.7 Å². The summed E-state index contributed by atoms with van der Waals surface area (Å²) in [4.78, 5) is 13.1. The molecule has 0 saturated heterocycles. The molecule has 1 amide bonds. The number of hydrogen-bond acceptors (Lipinski definition) is 3. The van der Waals surface area contributed by atoms with Crippen LogP contribution in [0.5, 0.6) is 0 Å². The van der Waals surface area contributed by atoms with Gasteiger partial charge in [0.05, 0.1) is 18.3 Å². The number of benzene rings is 2. The molecule has 1 aliphatic rings. The Balaban J connectivity index is 1.64. The summed E-state index contributed by atoms with van der Waals surface area (Å²) in [5.74, 6) is -0.251. The first kappa shape index (κ1) is 21.3. The number of aromatic nitrogens is 2. The van der Waals surface area contributed by atoms with Gasteiger partial charge in [0.1, 0.15) is 5.69 Å². The minimum atomic E-state index is -0.470. The Morgan fingerprint density at radius 2 is 1.94 bits per heavy atom. The molecule has 3 aromatic rings. The zero-order valence-corrected chi connectivity index (χ0v) is 18.0. The molecule has 1 heterocycles. The molecule has 1 aromatic heterocycles. The minimum Gasteiger partial charge on any atom is -0.394 e. The number of fused-ring (bicyclic) bond motifs is 1. The van der Waals surface area contributed by atoms with E-state index in [0.717, 1.165) is 60.1 Å². The first-order chi connectivity index (χ1) is 15.2. The maximum absolute atomic E-state index is 13.1. The molecule has 1 atom stereocenters. The predicted octanol–water partition coefficient (Wildman–Crippen LogP) is 5.18. The molecule has 5 nitrogen and oxygen atoms in total. The number of halogens is 1. The number of nitrogens with zero attached hydrogens (tertiary/aromatic N) is 1. The second kappa shape index (κ2) is 9.94. The normalized spacial score (nSPS) is 16.3. The van der Waals surface area contributed by atoms with Gasteiger partial charge in [0.15, 0.2) is 0 Å². The van der Waals surface area contributed by atoms with Crippen molar-refractivity contribution in [2.45, 2.75) is 38.1 Å². The third-order valence-corrected chi connectivity index (χ3v) is 5.89. The zero-order valence-electron chi connectivity index (χ0n) is 17.3. The molecule has 2 aromatic carbocycles. The van der Waals surface area contributed by atoms with E-state index in [2.05, 4.69) is 21.6 Å². The lowest BCUT2D eigenvalue weighted by atomic mass is 9.92. The number of aromatic amines is 1. The summed E-state index contributed by atoms with van der Waals surface area (Å²) in [6.45, 7) is -0.175. The fourth-order valence-corrected chi connectivity index (χ4v) is 4.26. The van der Waals surface area contributed by atoms with Crippen LogP contribution in [0.3, 0.4) is 0 Å². The van der Waals surface area contributed by atoms with Gasteiger partial charge in [-0.25, -0.2) is 0 Å². The number of carbonyl (C=O) groups excluding carboxylic acids is 1. The van der Waals surface area contributed by atoms with E-state index in [1.807, 2.05) is 54.6 Å². The van der Waals surface area contributed by atoms with Crippen molar-refractivity contribution >= 4 is 29.2 Å². The third-order valence-electron chi connectivity index (χ3n) is 5.65. The van der Waals surface area contributed by atoms with Crippen molar-refractivity contribution in [1.29, 1.82) is 0 Å². The largest absolute Gasteiger partial charge is 0.394 e. The molecule has 0 saturated carbocycles. The molecule has 4 rings (SSSR count). The Morgan fingerprint density at radius 3 is 2.71 bits per heavy atom. The maximum Gasteiger partial charge on any atom is 0.270 e. The molecule has 0 fully saturated rings. The number of allylic oxidation sites excluding steroid dienone is 1. The van der Waals surface area contributed by atoms with E-state index >= 15 is 0 Å². The number of aliphatic hydroxyl groups is 1. The monoisotopic (exact) mass is 435 g/mol. The van der Waals surface area contributed by atoms with Crippen molar-refractivity contribution < 1.29 is 9.90 Å². The second-order valence-electron chi connectivity index (χ2n) is 7.83. The van der Waals surface area contributed by atoms with Crippen LogP contribution in [0, 0.1) is 0 Å². The van der Waals surface area contributed by atoms with E-state index in [1.54, 1.807) is 0 Å². The number of H-pyrrole nitrogens is 1. The molecule has 160 valence electrons. The average molecular weight is 436 g/mol. The molecular weight excluding hydrogens is 410 g/mol. The Morgan fingerprint density at radius 1 is 1.13 bits per heavy atom. The van der Waals surface area contributed by atoms with Gasteiger partial charge < -0.3 is 10.4 Å². The highest BCUT2D eigenvalue weighted by molar-refractivity contribution is 6.30. The quantitative estimate of drug-likeness (QED) is 0.516. The Hall–Kier alpha value is -2.89. The van der Waals surface area contributed by atoms with E-state index in [-0.39, 0.29) is 12.5 Å². The summed E-state index contributed by atoms with van der Waals surface area (Å²) in [6, 6.07) is 16.7. The molecular formula is C25H26ClN3O2. The van der Waals surface area contributed by atoms with E-state index in [4.69, 9.17) is 11.6 Å². The van der Waals surface area contributed by atoms with Crippen LogP contribution in [0.15, 0.2) is 54.6 Å². The van der Waals surface area contributed by atoms with E-state index < -0.39 is 6.04 Å². The number of nitrogens with one attached hydrogen (secondary N) is 2. The van der Waals surface area contributed by atoms with Gasteiger partial charge in [0.2, 0.25) is 0 Å². The molecule has 0 aliphatic heterocycles. The second-order valence-corrected chi connectivity index (χ2v) is 8.27. The van der Waals surface area contributed by atoms with Crippen LogP contribution >= 0.6 is 11.6 Å². The predicted molar refractivity (Wildman–Crippen MR) is 124 cm³/mol. The first-order valence-corrected chi connectivity index (χ1v) is 11.0. The van der Waals surface area contributed by atoms with Crippen molar-refractivity contribution in [3.63, 3.8) is 0 Å². The lowest BCUT2D eigenvalue weighted by Gasteiger charge is -2.17. The van der Waals surface area contributed by atoms with Crippen LogP contribution in [0.4, 0.5) is 0 Å². The summed E-state index contributed by atoms with van der Waals surface area (Å²) in [7, 11) is 0. The molecule has 1 aliphatic carbocycles. The Labute approximate surface area is 187 Å². The molecule has 0 spiro atoms. The number of hydrogen-bond donors (Lipinski definition) is 3. The lowest BCUT2D eigenvalue weighted by Crippen LogP contribution is -2.31. The van der Waals surface area contributed by atoms with Crippen LogP contribution in [-0.2, 0) is 6.42 Å². The highest BCUT2D eigenvalue weighted by Crippen LogP contribution is 2.31. The number of amides is 1. The summed E-state index contributed by atoms with van der Waals surface area (Å²) >= 11 is 6.16. The molecule has 3 N–H and O–H groups in total. The number of rotatable bonds is 5. The molecule has 0 radical (unpaired) electrons. The Bertz CT molecular complexity index is 1080. The van der Waals surface area contributed by atoms with Crippen LogP contribution < -0.4 is 5.32 Å². The van der Waals surface area contributed by atoms with Crippen molar-refractivity contribution in [2.24, 2.45) is 0 Å². The summed E-state index contributed by atoms with van der Waals surface area (Å²) in [5.41, 5.74) is 5.26. The maximum atomic E-state index is 13.1. The lowest BCUT2D eigenvalue weighted by molar-refractivity contribution is 0.0910. The van der Waals surface area contributed by atoms with E-state index in [1.165, 1.54) is 0 Å². The minimum absolute atomic E-state index is 0.175. The van der Waals surface area contributed by atoms with Crippen LogP contribution in [0.2, 0.25) is 5.02 Å². The fraction of sp³-hybridized carbons (Fsp3) is 0.280. The summed E-state index contributed by atoms with van der Waals surface area (Å²) in [6.07, 6.45) is 6.99.